The van der Waals surface area contributed by atoms with Gasteiger partial charge in [0.15, 0.2) is 9.84 Å². The smallest absolute Gasteiger partial charge is 0.175 e. The first-order chi connectivity index (χ1) is 15.9. The highest BCUT2D eigenvalue weighted by atomic mass is 32.2. The third-order valence-corrected chi connectivity index (χ3v) is 7.62. The molecule has 1 aromatic heterocycles. The van der Waals surface area contributed by atoms with Gasteiger partial charge in [0.25, 0.3) is 0 Å². The van der Waals surface area contributed by atoms with Gasteiger partial charge in [-0.25, -0.2) is 13.1 Å². The molecule has 1 saturated carbocycles. The number of Topliss-reactive ketones (excluding diaryl/α,β-unsaturated/α-hetero) is 1. The molecule has 0 bridgehead atoms. The molecule has 0 N–H and O–H groups in total. The number of hydrogen-bond acceptors (Lipinski definition) is 4. The Balaban J connectivity index is 1.53. The summed E-state index contributed by atoms with van der Waals surface area (Å²) in [5.74, 6) is 0.876. The lowest BCUT2D eigenvalue weighted by Crippen LogP contribution is -2.09. The van der Waals surface area contributed by atoms with Gasteiger partial charge in [0.1, 0.15) is 5.78 Å². The maximum absolute atomic E-state index is 12.7. The third-order valence-electron chi connectivity index (χ3n) is 6.49. The van der Waals surface area contributed by atoms with Crippen LogP contribution in [-0.2, 0) is 21.1 Å². The summed E-state index contributed by atoms with van der Waals surface area (Å²) >= 11 is 0. The van der Waals surface area contributed by atoms with E-state index < -0.39 is 9.84 Å². The van der Waals surface area contributed by atoms with Crippen LogP contribution in [0.3, 0.4) is 0 Å². The van der Waals surface area contributed by atoms with Crippen LogP contribution in [0.4, 0.5) is 0 Å². The highest BCUT2D eigenvalue weighted by Gasteiger charge is 2.18. The Morgan fingerprint density at radius 1 is 0.970 bits per heavy atom. The second-order valence-electron chi connectivity index (χ2n) is 9.17. The maximum Gasteiger partial charge on any atom is 0.175 e. The Labute approximate surface area is 196 Å². The van der Waals surface area contributed by atoms with Crippen molar-refractivity contribution in [1.82, 2.24) is 9.78 Å². The lowest BCUT2D eigenvalue weighted by Gasteiger charge is -2.12. The van der Waals surface area contributed by atoms with Crippen LogP contribution in [0.25, 0.3) is 16.9 Å². The molecule has 3 aromatic rings. The first kappa shape index (κ1) is 23.4. The molecular weight excluding hydrogens is 432 g/mol. The summed E-state index contributed by atoms with van der Waals surface area (Å²) in [5.41, 5.74) is 3.61. The van der Waals surface area contributed by atoms with Crippen molar-refractivity contribution in [2.45, 2.75) is 62.7 Å². The summed E-state index contributed by atoms with van der Waals surface area (Å²) in [6, 6.07) is 18.8. The van der Waals surface area contributed by atoms with Crippen LogP contribution in [-0.4, -0.2) is 30.2 Å². The molecule has 2 aromatic carbocycles. The normalized spacial score (nSPS) is 15.3. The number of rotatable bonds is 8. The fourth-order valence-corrected chi connectivity index (χ4v) is 5.29. The molecule has 0 amide bonds. The highest BCUT2D eigenvalue weighted by molar-refractivity contribution is 7.90. The van der Waals surface area contributed by atoms with E-state index in [4.69, 9.17) is 5.10 Å². The Bertz CT molecular complexity index is 1170. The van der Waals surface area contributed by atoms with Crippen LogP contribution < -0.4 is 0 Å². The topological polar surface area (TPSA) is 69.0 Å². The number of benzene rings is 2. The van der Waals surface area contributed by atoms with Crippen LogP contribution in [0.1, 0.15) is 57.1 Å². The summed E-state index contributed by atoms with van der Waals surface area (Å²) in [6.07, 6.45) is 10.5. The number of aromatic nitrogens is 2. The monoisotopic (exact) mass is 464 g/mol. The third kappa shape index (κ3) is 6.20. The average molecular weight is 465 g/mol. The molecule has 174 valence electrons. The predicted molar refractivity (Wildman–Crippen MR) is 131 cm³/mol. The van der Waals surface area contributed by atoms with Crippen LogP contribution in [0.15, 0.2) is 65.6 Å². The summed E-state index contributed by atoms with van der Waals surface area (Å²) in [4.78, 5) is 13.0. The Kier molecular flexibility index (Phi) is 7.43. The number of sulfone groups is 1. The largest absolute Gasteiger partial charge is 0.300 e. The Morgan fingerprint density at radius 2 is 1.64 bits per heavy atom. The first-order valence-corrected chi connectivity index (χ1v) is 13.8. The molecule has 33 heavy (non-hydrogen) atoms. The molecule has 1 fully saturated rings. The number of hydrogen-bond donors (Lipinski definition) is 0. The minimum Gasteiger partial charge on any atom is -0.300 e. The zero-order valence-electron chi connectivity index (χ0n) is 19.2. The van der Waals surface area contributed by atoms with E-state index in [1.807, 2.05) is 41.1 Å². The molecule has 5 nitrogen and oxygen atoms in total. The minimum absolute atomic E-state index is 0.281. The summed E-state index contributed by atoms with van der Waals surface area (Å²) in [7, 11) is -3.26. The van der Waals surface area contributed by atoms with Crippen LogP contribution >= 0.6 is 0 Å². The van der Waals surface area contributed by atoms with Gasteiger partial charge in [-0.1, -0.05) is 68.9 Å². The lowest BCUT2D eigenvalue weighted by atomic mass is 9.93. The van der Waals surface area contributed by atoms with Gasteiger partial charge in [0.2, 0.25) is 0 Å². The fraction of sp³-hybridized carbons (Fsp3) is 0.407. The van der Waals surface area contributed by atoms with E-state index in [0.29, 0.717) is 31.0 Å². The van der Waals surface area contributed by atoms with Gasteiger partial charge in [-0.15, -0.1) is 0 Å². The van der Waals surface area contributed by atoms with Crippen LogP contribution in [0.5, 0.6) is 0 Å². The SMILES string of the molecule is CS(=O)(=O)c1ccc(-n2nc(CCC(=O)CC3CCCCCC3)cc2-c2ccccc2)cc1. The van der Waals surface area contributed by atoms with Crippen molar-refractivity contribution in [2.75, 3.05) is 6.26 Å². The van der Waals surface area contributed by atoms with Crippen molar-refractivity contribution in [3.63, 3.8) is 0 Å². The number of aryl methyl sites for hydroxylation is 1. The molecule has 0 unspecified atom stereocenters. The van der Waals surface area contributed by atoms with Crippen LogP contribution in [0.2, 0.25) is 0 Å². The van der Waals surface area contributed by atoms with Gasteiger partial charge in [-0.2, -0.15) is 5.10 Å². The molecule has 1 aliphatic rings. The number of ketones is 1. The van der Waals surface area contributed by atoms with E-state index in [1.54, 1.807) is 24.3 Å². The lowest BCUT2D eigenvalue weighted by molar-refractivity contribution is -0.120. The molecule has 1 heterocycles. The zero-order chi connectivity index (χ0) is 23.3. The quantitative estimate of drug-likeness (QED) is 0.395. The summed E-state index contributed by atoms with van der Waals surface area (Å²) in [5, 5.41) is 4.80. The van der Waals surface area contributed by atoms with E-state index in [-0.39, 0.29) is 4.90 Å². The molecule has 6 heteroatoms. The van der Waals surface area contributed by atoms with E-state index in [9.17, 15) is 13.2 Å². The van der Waals surface area contributed by atoms with Crippen LogP contribution in [0, 0.1) is 5.92 Å². The van der Waals surface area contributed by atoms with Gasteiger partial charge in [-0.3, -0.25) is 4.79 Å². The van der Waals surface area contributed by atoms with E-state index in [0.717, 1.165) is 22.6 Å². The van der Waals surface area contributed by atoms with E-state index in [1.165, 1.54) is 44.8 Å². The van der Waals surface area contributed by atoms with E-state index in [2.05, 4.69) is 0 Å². The molecular formula is C27H32N2O3S. The summed E-state index contributed by atoms with van der Waals surface area (Å²) < 4.78 is 25.5. The van der Waals surface area contributed by atoms with Crippen molar-refractivity contribution in [1.29, 1.82) is 0 Å². The number of carbonyl (C=O) groups excluding carboxylic acids is 1. The molecule has 4 rings (SSSR count). The van der Waals surface area contributed by atoms with Crippen molar-refractivity contribution in [3.05, 3.63) is 66.4 Å². The second kappa shape index (κ2) is 10.5. The molecule has 0 aliphatic heterocycles. The average Bonchev–Trinajstić information content (AvgIpc) is 3.08. The van der Waals surface area contributed by atoms with Gasteiger partial charge in [0.05, 0.1) is 22.0 Å². The second-order valence-corrected chi connectivity index (χ2v) is 11.2. The van der Waals surface area contributed by atoms with Crippen molar-refractivity contribution in [3.8, 4) is 16.9 Å². The van der Waals surface area contributed by atoms with E-state index >= 15 is 0 Å². The zero-order valence-corrected chi connectivity index (χ0v) is 20.1. The number of carbonyl (C=O) groups is 1. The van der Waals surface area contributed by atoms with Crippen molar-refractivity contribution < 1.29 is 13.2 Å². The first-order valence-electron chi connectivity index (χ1n) is 11.9. The Hall–Kier alpha value is -2.73. The van der Waals surface area contributed by atoms with Gasteiger partial charge >= 0.3 is 0 Å². The standard InChI is InChI=1S/C27H32N2O3S/c1-33(31,32)26-17-14-24(15-18-26)29-27(22-11-7-4-8-12-22)20-23(28-29)13-16-25(30)19-21-9-5-2-3-6-10-21/h4,7-8,11-12,14-15,17-18,20-21H,2-3,5-6,9-10,13,16,19H2,1H3. The molecule has 0 atom stereocenters. The summed E-state index contributed by atoms with van der Waals surface area (Å²) in [6.45, 7) is 0. The molecule has 0 spiro atoms. The highest BCUT2D eigenvalue weighted by Crippen LogP contribution is 2.27. The maximum atomic E-state index is 12.7. The van der Waals surface area contributed by atoms with Gasteiger partial charge in [-0.05, 0) is 42.7 Å². The molecule has 1 aliphatic carbocycles. The van der Waals surface area contributed by atoms with Gasteiger partial charge in [0, 0.05) is 24.7 Å². The Morgan fingerprint density at radius 3 is 2.27 bits per heavy atom. The van der Waals surface area contributed by atoms with Crippen molar-refractivity contribution in [2.24, 2.45) is 5.92 Å². The molecule has 0 radical (unpaired) electrons. The molecule has 0 saturated heterocycles. The minimum atomic E-state index is -3.26. The number of nitrogens with zero attached hydrogens (tertiary/aromatic N) is 2. The van der Waals surface area contributed by atoms with Crippen molar-refractivity contribution >= 4 is 15.6 Å². The van der Waals surface area contributed by atoms with Gasteiger partial charge < -0.3 is 0 Å². The predicted octanol–water partition coefficient (Wildman–Crippen LogP) is 5.81. The fourth-order valence-electron chi connectivity index (χ4n) is 4.66.